The van der Waals surface area contributed by atoms with Gasteiger partial charge >= 0.3 is 0 Å². The first kappa shape index (κ1) is 12.4. The average molecular weight is 255 g/mol. The third kappa shape index (κ3) is 2.42. The third-order valence-electron chi connectivity index (χ3n) is 4.16. The van der Waals surface area contributed by atoms with Gasteiger partial charge in [-0.2, -0.15) is 0 Å². The molecule has 0 N–H and O–H groups in total. The smallest absolute Gasteiger partial charge is 0.0966 e. The Morgan fingerprint density at radius 2 is 2.05 bits per heavy atom. The largest absolute Gasteiger partial charge is 0.366 e. The van der Waals surface area contributed by atoms with Crippen molar-refractivity contribution in [2.24, 2.45) is 0 Å². The molecule has 1 saturated carbocycles. The van der Waals surface area contributed by atoms with Crippen molar-refractivity contribution in [2.45, 2.75) is 45.1 Å². The summed E-state index contributed by atoms with van der Waals surface area (Å²) in [6, 6.07) is 4.73. The molecule has 0 spiro atoms. The summed E-state index contributed by atoms with van der Waals surface area (Å²) in [6.45, 7) is 3.26. The number of nitrogens with zero attached hydrogens (tertiary/aromatic N) is 3. The highest BCUT2D eigenvalue weighted by molar-refractivity contribution is 5.89. The average Bonchev–Trinajstić information content (AvgIpc) is 2.49. The second kappa shape index (κ2) is 5.55. The lowest BCUT2D eigenvalue weighted by Gasteiger charge is -2.35. The minimum absolute atomic E-state index is 0.660. The summed E-state index contributed by atoms with van der Waals surface area (Å²) in [6.07, 6.45) is 12.5. The second-order valence-corrected chi connectivity index (χ2v) is 5.31. The predicted octanol–water partition coefficient (Wildman–Crippen LogP) is 3.79. The van der Waals surface area contributed by atoms with Gasteiger partial charge in [-0.05, 0) is 31.9 Å². The normalized spacial score (nSPS) is 16.7. The van der Waals surface area contributed by atoms with Crippen LogP contribution in [-0.4, -0.2) is 22.6 Å². The first-order valence-electron chi connectivity index (χ1n) is 7.35. The molecule has 0 unspecified atom stereocenters. The molecular weight excluding hydrogens is 234 g/mol. The first-order valence-corrected chi connectivity index (χ1v) is 7.35. The summed E-state index contributed by atoms with van der Waals surface area (Å²) < 4.78 is 0. The van der Waals surface area contributed by atoms with Crippen molar-refractivity contribution in [3.8, 4) is 0 Å². The van der Waals surface area contributed by atoms with E-state index in [0.717, 1.165) is 17.4 Å². The molecule has 0 saturated heterocycles. The van der Waals surface area contributed by atoms with E-state index < -0.39 is 0 Å². The van der Waals surface area contributed by atoms with Crippen LogP contribution >= 0.6 is 0 Å². The van der Waals surface area contributed by atoms with Crippen LogP contribution in [-0.2, 0) is 0 Å². The zero-order valence-corrected chi connectivity index (χ0v) is 11.5. The molecule has 0 aromatic carbocycles. The van der Waals surface area contributed by atoms with E-state index in [0.29, 0.717) is 6.04 Å². The highest BCUT2D eigenvalue weighted by Crippen LogP contribution is 2.30. The Balaban J connectivity index is 2.00. The zero-order chi connectivity index (χ0) is 13.1. The fourth-order valence-corrected chi connectivity index (χ4v) is 3.21. The molecule has 100 valence electrons. The molecule has 1 fully saturated rings. The van der Waals surface area contributed by atoms with Crippen molar-refractivity contribution in [3.63, 3.8) is 0 Å². The van der Waals surface area contributed by atoms with Crippen molar-refractivity contribution in [1.82, 2.24) is 9.97 Å². The van der Waals surface area contributed by atoms with Gasteiger partial charge in [0, 0.05) is 30.4 Å². The minimum atomic E-state index is 0.660. The lowest BCUT2D eigenvalue weighted by Crippen LogP contribution is -2.37. The minimum Gasteiger partial charge on any atom is -0.366 e. The van der Waals surface area contributed by atoms with Crippen LogP contribution in [0.1, 0.15) is 39.0 Å². The monoisotopic (exact) mass is 255 g/mol. The molecule has 2 aromatic rings. The van der Waals surface area contributed by atoms with Gasteiger partial charge in [0.1, 0.15) is 0 Å². The molecule has 0 amide bonds. The Kier molecular flexibility index (Phi) is 3.62. The van der Waals surface area contributed by atoms with Crippen LogP contribution in [0.5, 0.6) is 0 Å². The third-order valence-corrected chi connectivity index (χ3v) is 4.16. The highest BCUT2D eigenvalue weighted by Gasteiger charge is 2.22. The molecule has 1 aliphatic carbocycles. The van der Waals surface area contributed by atoms with E-state index >= 15 is 0 Å². The molecular formula is C16H21N3. The summed E-state index contributed by atoms with van der Waals surface area (Å²) in [7, 11) is 0. The lowest BCUT2D eigenvalue weighted by atomic mass is 9.94. The van der Waals surface area contributed by atoms with E-state index in [-0.39, 0.29) is 0 Å². The first-order chi connectivity index (χ1) is 9.40. The molecule has 0 aliphatic heterocycles. The number of anilines is 1. The summed E-state index contributed by atoms with van der Waals surface area (Å²) in [5, 5.41) is 1.13. The van der Waals surface area contributed by atoms with Crippen LogP contribution in [0, 0.1) is 0 Å². The van der Waals surface area contributed by atoms with Gasteiger partial charge in [0.05, 0.1) is 17.4 Å². The Labute approximate surface area is 114 Å². The molecule has 0 radical (unpaired) electrons. The summed E-state index contributed by atoms with van der Waals surface area (Å²) in [5.41, 5.74) is 2.29. The summed E-state index contributed by atoms with van der Waals surface area (Å²) >= 11 is 0. The molecule has 2 heterocycles. The van der Waals surface area contributed by atoms with Crippen LogP contribution < -0.4 is 4.90 Å². The maximum Gasteiger partial charge on any atom is 0.0966 e. The van der Waals surface area contributed by atoms with Crippen LogP contribution in [0.25, 0.3) is 10.9 Å². The quantitative estimate of drug-likeness (QED) is 0.835. The van der Waals surface area contributed by atoms with Gasteiger partial charge in [-0.25, -0.2) is 0 Å². The fraction of sp³-hybridized carbons (Fsp3) is 0.500. The van der Waals surface area contributed by atoms with Gasteiger partial charge in [0.2, 0.25) is 0 Å². The predicted molar refractivity (Wildman–Crippen MR) is 79.4 cm³/mol. The van der Waals surface area contributed by atoms with Crippen molar-refractivity contribution in [1.29, 1.82) is 0 Å². The lowest BCUT2D eigenvalue weighted by molar-refractivity contribution is 0.418. The number of pyridine rings is 2. The van der Waals surface area contributed by atoms with Gasteiger partial charge in [0.25, 0.3) is 0 Å². The number of hydrogen-bond acceptors (Lipinski definition) is 3. The Bertz CT molecular complexity index is 541. The number of hydrogen-bond donors (Lipinski definition) is 0. The Morgan fingerprint density at radius 3 is 2.84 bits per heavy atom. The van der Waals surface area contributed by atoms with Gasteiger partial charge in [-0.15, -0.1) is 0 Å². The summed E-state index contributed by atoms with van der Waals surface area (Å²) in [5.74, 6) is 0. The molecule has 2 aromatic heterocycles. The molecule has 3 heteroatoms. The van der Waals surface area contributed by atoms with Crippen LogP contribution in [0.4, 0.5) is 5.69 Å². The van der Waals surface area contributed by atoms with Crippen molar-refractivity contribution in [2.75, 3.05) is 11.4 Å². The Hall–Kier alpha value is -1.64. The van der Waals surface area contributed by atoms with Crippen molar-refractivity contribution in [3.05, 3.63) is 30.7 Å². The molecule has 1 aliphatic rings. The Morgan fingerprint density at radius 1 is 1.21 bits per heavy atom. The van der Waals surface area contributed by atoms with Crippen molar-refractivity contribution < 1.29 is 0 Å². The maximum absolute atomic E-state index is 4.56. The van der Waals surface area contributed by atoms with E-state index in [2.05, 4.69) is 27.9 Å². The van der Waals surface area contributed by atoms with Crippen LogP contribution in [0.15, 0.2) is 30.7 Å². The van der Waals surface area contributed by atoms with Gasteiger partial charge in [-0.1, -0.05) is 19.3 Å². The zero-order valence-electron chi connectivity index (χ0n) is 11.5. The van der Waals surface area contributed by atoms with Gasteiger partial charge in [0.15, 0.2) is 0 Å². The molecule has 3 rings (SSSR count). The van der Waals surface area contributed by atoms with Gasteiger partial charge < -0.3 is 4.90 Å². The van der Waals surface area contributed by atoms with E-state index in [9.17, 15) is 0 Å². The molecule has 0 atom stereocenters. The van der Waals surface area contributed by atoms with E-state index in [1.165, 1.54) is 37.8 Å². The van der Waals surface area contributed by atoms with Gasteiger partial charge in [-0.3, -0.25) is 9.97 Å². The number of fused-ring (bicyclic) bond motifs is 1. The fourth-order valence-electron chi connectivity index (χ4n) is 3.21. The van der Waals surface area contributed by atoms with E-state index in [1.807, 2.05) is 24.7 Å². The molecule has 19 heavy (non-hydrogen) atoms. The van der Waals surface area contributed by atoms with E-state index in [1.54, 1.807) is 0 Å². The number of aromatic nitrogens is 2. The van der Waals surface area contributed by atoms with Crippen molar-refractivity contribution >= 4 is 16.6 Å². The van der Waals surface area contributed by atoms with E-state index in [4.69, 9.17) is 0 Å². The van der Waals surface area contributed by atoms with Crippen LogP contribution in [0.3, 0.4) is 0 Å². The maximum atomic E-state index is 4.56. The molecule has 0 bridgehead atoms. The van der Waals surface area contributed by atoms with Crippen LogP contribution in [0.2, 0.25) is 0 Å². The second-order valence-electron chi connectivity index (χ2n) is 5.31. The topological polar surface area (TPSA) is 29.0 Å². The number of rotatable bonds is 3. The standard InChI is InChI=1S/C16H21N3/c1-2-19(14-8-4-3-5-9-14)15-12-17-11-13-7-6-10-18-16(13)15/h6-7,10-12,14H,2-5,8-9H2,1H3. The SMILES string of the molecule is CCN(c1cncc2cccnc12)C1CCCCC1. The molecule has 3 nitrogen and oxygen atoms in total. The highest BCUT2D eigenvalue weighted by atomic mass is 15.2. The summed E-state index contributed by atoms with van der Waals surface area (Å²) in [4.78, 5) is 11.5.